The Kier molecular flexibility index (Phi) is 6.58. The number of unbranched alkanes of at least 4 members (excludes halogenated alkanes) is 5. The Balaban J connectivity index is 1.98. The summed E-state index contributed by atoms with van der Waals surface area (Å²) in [6, 6.07) is 2.83. The highest BCUT2D eigenvalue weighted by Gasteiger charge is 2.30. The smallest absolute Gasteiger partial charge is 0.189 e. The van der Waals surface area contributed by atoms with Gasteiger partial charge in [-0.3, -0.25) is 0 Å². The second-order valence-corrected chi connectivity index (χ2v) is 9.46. The van der Waals surface area contributed by atoms with Crippen LogP contribution in [0.3, 0.4) is 0 Å². The quantitative estimate of drug-likeness (QED) is 0.452. The van der Waals surface area contributed by atoms with Gasteiger partial charge in [0.05, 0.1) is 0 Å². The van der Waals surface area contributed by atoms with Gasteiger partial charge < -0.3 is 4.43 Å². The van der Waals surface area contributed by atoms with Gasteiger partial charge in [-0.1, -0.05) is 51.9 Å². The number of hydrogen-bond acceptors (Lipinski definition) is 1. The summed E-state index contributed by atoms with van der Waals surface area (Å²) in [7, 11) is -1.21. The van der Waals surface area contributed by atoms with Gasteiger partial charge >= 0.3 is 0 Å². The molecule has 0 bridgehead atoms. The standard InChI is InChI=1S/C13H28OSi/c1-3-4-5-6-7-9-12-15(2)13-10-8-11-14-15/h3-13H2,1-2H3. The first kappa shape index (κ1) is 13.2. The summed E-state index contributed by atoms with van der Waals surface area (Å²) in [4.78, 5) is 0. The van der Waals surface area contributed by atoms with Crippen molar-refractivity contribution in [1.82, 2.24) is 0 Å². The summed E-state index contributed by atoms with van der Waals surface area (Å²) in [6.07, 6.45) is 11.3. The molecule has 1 heterocycles. The molecule has 1 rings (SSSR count). The molecule has 0 N–H and O–H groups in total. The Morgan fingerprint density at radius 2 is 1.73 bits per heavy atom. The molecule has 2 heteroatoms. The molecule has 1 unspecified atom stereocenters. The molecule has 15 heavy (non-hydrogen) atoms. The molecule has 0 aromatic rings. The van der Waals surface area contributed by atoms with Gasteiger partial charge in [0.25, 0.3) is 0 Å². The molecule has 1 aliphatic heterocycles. The fraction of sp³-hybridized carbons (Fsp3) is 1.00. The fourth-order valence-corrected chi connectivity index (χ4v) is 5.64. The minimum Gasteiger partial charge on any atom is -0.417 e. The van der Waals surface area contributed by atoms with Crippen LogP contribution in [0.2, 0.25) is 18.6 Å². The minimum absolute atomic E-state index is 1.05. The van der Waals surface area contributed by atoms with Crippen LogP contribution in [-0.4, -0.2) is 14.9 Å². The van der Waals surface area contributed by atoms with Crippen LogP contribution in [0, 0.1) is 0 Å². The van der Waals surface area contributed by atoms with E-state index in [0.29, 0.717) is 0 Å². The molecular formula is C13H28OSi. The Hall–Kier alpha value is 0.177. The normalized spacial score (nSPS) is 26.8. The Morgan fingerprint density at radius 1 is 1.00 bits per heavy atom. The van der Waals surface area contributed by atoms with Gasteiger partial charge in [-0.15, -0.1) is 0 Å². The molecule has 1 nitrogen and oxygen atoms in total. The van der Waals surface area contributed by atoms with Gasteiger partial charge in [0.1, 0.15) is 0 Å². The van der Waals surface area contributed by atoms with Crippen molar-refractivity contribution in [2.75, 3.05) is 6.61 Å². The highest BCUT2D eigenvalue weighted by Crippen LogP contribution is 2.27. The second-order valence-electron chi connectivity index (χ2n) is 5.27. The van der Waals surface area contributed by atoms with E-state index in [4.69, 9.17) is 4.43 Å². The molecule has 0 amide bonds. The highest BCUT2D eigenvalue weighted by molar-refractivity contribution is 6.72. The van der Waals surface area contributed by atoms with Crippen molar-refractivity contribution in [3.63, 3.8) is 0 Å². The molecule has 1 saturated heterocycles. The van der Waals surface area contributed by atoms with Crippen LogP contribution in [0.25, 0.3) is 0 Å². The van der Waals surface area contributed by atoms with E-state index in [9.17, 15) is 0 Å². The Bertz CT molecular complexity index is 153. The van der Waals surface area contributed by atoms with Crippen molar-refractivity contribution in [1.29, 1.82) is 0 Å². The maximum atomic E-state index is 6.03. The maximum absolute atomic E-state index is 6.03. The first-order valence-corrected chi connectivity index (χ1v) is 9.73. The van der Waals surface area contributed by atoms with E-state index in [0.717, 1.165) is 6.61 Å². The van der Waals surface area contributed by atoms with Crippen molar-refractivity contribution in [3.8, 4) is 0 Å². The Labute approximate surface area is 96.7 Å². The Morgan fingerprint density at radius 3 is 2.40 bits per heavy atom. The SMILES string of the molecule is CCCCCCCC[Si]1(C)CCCCO1. The van der Waals surface area contributed by atoms with Crippen molar-refractivity contribution < 1.29 is 4.43 Å². The average Bonchev–Trinajstić information content (AvgIpc) is 2.24. The monoisotopic (exact) mass is 228 g/mol. The zero-order chi connectivity index (χ0) is 11.0. The molecule has 90 valence electrons. The molecule has 1 atom stereocenters. The first-order valence-electron chi connectivity index (χ1n) is 6.91. The van der Waals surface area contributed by atoms with Crippen LogP contribution in [0.4, 0.5) is 0 Å². The molecule has 0 aliphatic carbocycles. The van der Waals surface area contributed by atoms with Gasteiger partial charge in [0.15, 0.2) is 8.32 Å². The summed E-state index contributed by atoms with van der Waals surface area (Å²) in [5.74, 6) is 0. The fourth-order valence-electron chi connectivity index (χ4n) is 2.47. The first-order chi connectivity index (χ1) is 7.27. The average molecular weight is 228 g/mol. The molecule has 0 saturated carbocycles. The second kappa shape index (κ2) is 7.45. The van der Waals surface area contributed by atoms with Crippen LogP contribution >= 0.6 is 0 Å². The largest absolute Gasteiger partial charge is 0.417 e. The topological polar surface area (TPSA) is 9.23 Å². The van der Waals surface area contributed by atoms with Gasteiger partial charge in [0, 0.05) is 6.61 Å². The van der Waals surface area contributed by atoms with E-state index in [2.05, 4.69) is 13.5 Å². The van der Waals surface area contributed by atoms with Crippen LogP contribution < -0.4 is 0 Å². The summed E-state index contributed by atoms with van der Waals surface area (Å²) >= 11 is 0. The van der Waals surface area contributed by atoms with E-state index < -0.39 is 8.32 Å². The van der Waals surface area contributed by atoms with Crippen molar-refractivity contribution in [2.24, 2.45) is 0 Å². The van der Waals surface area contributed by atoms with E-state index in [1.165, 1.54) is 63.5 Å². The van der Waals surface area contributed by atoms with Crippen LogP contribution in [-0.2, 0) is 4.43 Å². The zero-order valence-corrected chi connectivity index (χ0v) is 11.7. The van der Waals surface area contributed by atoms with Crippen LogP contribution in [0.1, 0.15) is 58.3 Å². The number of hydrogen-bond donors (Lipinski definition) is 0. The lowest BCUT2D eigenvalue weighted by Crippen LogP contribution is -2.37. The summed E-state index contributed by atoms with van der Waals surface area (Å²) in [5, 5.41) is 0. The van der Waals surface area contributed by atoms with Gasteiger partial charge in [-0.25, -0.2) is 0 Å². The molecule has 0 spiro atoms. The number of rotatable bonds is 7. The minimum atomic E-state index is -1.21. The van der Waals surface area contributed by atoms with Gasteiger partial charge in [-0.2, -0.15) is 0 Å². The summed E-state index contributed by atoms with van der Waals surface area (Å²) in [6.45, 7) is 5.78. The highest BCUT2D eigenvalue weighted by atomic mass is 28.4. The lowest BCUT2D eigenvalue weighted by molar-refractivity contribution is 0.269. The van der Waals surface area contributed by atoms with Crippen molar-refractivity contribution >= 4 is 8.32 Å². The lowest BCUT2D eigenvalue weighted by Gasteiger charge is -2.31. The maximum Gasteiger partial charge on any atom is 0.189 e. The summed E-state index contributed by atoms with van der Waals surface area (Å²) < 4.78 is 6.03. The van der Waals surface area contributed by atoms with Crippen LogP contribution in [0.5, 0.6) is 0 Å². The third kappa shape index (κ3) is 5.72. The van der Waals surface area contributed by atoms with Gasteiger partial charge in [-0.05, 0) is 25.1 Å². The lowest BCUT2D eigenvalue weighted by atomic mass is 10.1. The third-order valence-electron chi connectivity index (χ3n) is 3.61. The van der Waals surface area contributed by atoms with E-state index in [-0.39, 0.29) is 0 Å². The molecule has 0 aromatic carbocycles. The predicted octanol–water partition coefficient (Wildman–Crippen LogP) is 4.73. The van der Waals surface area contributed by atoms with E-state index in [1.54, 1.807) is 0 Å². The van der Waals surface area contributed by atoms with E-state index >= 15 is 0 Å². The van der Waals surface area contributed by atoms with Crippen molar-refractivity contribution in [3.05, 3.63) is 0 Å². The third-order valence-corrected chi connectivity index (χ3v) is 7.33. The molecule has 1 fully saturated rings. The predicted molar refractivity (Wildman–Crippen MR) is 69.8 cm³/mol. The van der Waals surface area contributed by atoms with Crippen molar-refractivity contribution in [2.45, 2.75) is 76.9 Å². The van der Waals surface area contributed by atoms with E-state index in [1.807, 2.05) is 0 Å². The van der Waals surface area contributed by atoms with Gasteiger partial charge in [0.2, 0.25) is 0 Å². The summed E-state index contributed by atoms with van der Waals surface area (Å²) in [5.41, 5.74) is 0. The molecule has 0 aromatic heterocycles. The molecule has 1 aliphatic rings. The molecular weight excluding hydrogens is 200 g/mol. The van der Waals surface area contributed by atoms with Crippen LogP contribution in [0.15, 0.2) is 0 Å². The zero-order valence-electron chi connectivity index (χ0n) is 10.7. The molecule has 0 radical (unpaired) electrons.